The molecule has 8 heteroatoms. The number of hydrogen-bond donors (Lipinski definition) is 3. The molecule has 0 aliphatic carbocycles. The minimum absolute atomic E-state index is 0.0571. The maximum absolute atomic E-state index is 13.5. The first-order valence-electron chi connectivity index (χ1n) is 9.88. The summed E-state index contributed by atoms with van der Waals surface area (Å²) in [6, 6.07) is 12.2. The number of rotatable bonds is 5. The van der Waals surface area contributed by atoms with Gasteiger partial charge in [-0.15, -0.1) is 0 Å². The van der Waals surface area contributed by atoms with Crippen LogP contribution in [0.3, 0.4) is 0 Å². The number of aromatic nitrogens is 4. The number of benzene rings is 2. The van der Waals surface area contributed by atoms with E-state index in [-0.39, 0.29) is 12.4 Å². The summed E-state index contributed by atoms with van der Waals surface area (Å²) in [5.74, 6) is 0.943. The van der Waals surface area contributed by atoms with Gasteiger partial charge in [-0.2, -0.15) is 14.8 Å². The van der Waals surface area contributed by atoms with Crippen molar-refractivity contribution in [1.82, 2.24) is 25.1 Å². The van der Waals surface area contributed by atoms with Crippen molar-refractivity contribution in [3.63, 3.8) is 0 Å². The van der Waals surface area contributed by atoms with E-state index in [0.29, 0.717) is 19.0 Å². The second-order valence-corrected chi connectivity index (χ2v) is 7.27. The largest absolute Gasteiger partial charge is 0.392 e. The fourth-order valence-electron chi connectivity index (χ4n) is 3.83. The second kappa shape index (κ2) is 7.81. The molecule has 0 fully saturated rings. The van der Waals surface area contributed by atoms with Crippen LogP contribution in [0, 0.1) is 5.82 Å². The number of nitrogens with zero attached hydrogens (tertiary/aromatic N) is 4. The molecule has 3 heterocycles. The topological polar surface area (TPSA) is 87.9 Å². The lowest BCUT2D eigenvalue weighted by molar-refractivity contribution is 0.283. The van der Waals surface area contributed by atoms with Crippen molar-refractivity contribution < 1.29 is 9.50 Å². The highest BCUT2D eigenvalue weighted by molar-refractivity contribution is 5.83. The van der Waals surface area contributed by atoms with Crippen LogP contribution >= 0.6 is 0 Å². The van der Waals surface area contributed by atoms with Gasteiger partial charge in [-0.1, -0.05) is 24.3 Å². The molecule has 0 radical (unpaired) electrons. The van der Waals surface area contributed by atoms with Crippen molar-refractivity contribution in [2.75, 3.05) is 11.9 Å². The molecule has 0 unspecified atom stereocenters. The highest BCUT2D eigenvalue weighted by atomic mass is 19.1. The van der Waals surface area contributed by atoms with Crippen LogP contribution in [0.2, 0.25) is 0 Å². The number of fused-ring (bicyclic) bond motifs is 2. The molecular formula is C22H21FN6O. The van der Waals surface area contributed by atoms with Gasteiger partial charge in [0.15, 0.2) is 0 Å². The predicted molar refractivity (Wildman–Crippen MR) is 112 cm³/mol. The molecule has 0 amide bonds. The van der Waals surface area contributed by atoms with E-state index in [0.717, 1.165) is 52.1 Å². The Balaban J connectivity index is 1.56. The molecule has 7 nitrogen and oxygen atoms in total. The molecule has 0 spiro atoms. The fourth-order valence-corrected chi connectivity index (χ4v) is 3.83. The third-order valence-corrected chi connectivity index (χ3v) is 5.34. The van der Waals surface area contributed by atoms with Gasteiger partial charge in [-0.05, 0) is 42.3 Å². The van der Waals surface area contributed by atoms with Crippen molar-refractivity contribution in [3.8, 4) is 5.95 Å². The van der Waals surface area contributed by atoms with Gasteiger partial charge in [0.2, 0.25) is 0 Å². The molecule has 2 aromatic carbocycles. The van der Waals surface area contributed by atoms with Crippen LogP contribution in [0.5, 0.6) is 0 Å². The number of nitrogens with one attached hydrogen (secondary N) is 2. The zero-order chi connectivity index (χ0) is 20.5. The minimum Gasteiger partial charge on any atom is -0.392 e. The summed E-state index contributed by atoms with van der Waals surface area (Å²) in [7, 11) is 0. The highest BCUT2D eigenvalue weighted by Crippen LogP contribution is 2.25. The van der Waals surface area contributed by atoms with Gasteiger partial charge in [-0.3, -0.25) is 0 Å². The van der Waals surface area contributed by atoms with E-state index in [4.69, 9.17) is 9.97 Å². The molecule has 0 bridgehead atoms. The first kappa shape index (κ1) is 18.7. The van der Waals surface area contributed by atoms with Crippen LogP contribution in [0.1, 0.15) is 22.4 Å². The van der Waals surface area contributed by atoms with Gasteiger partial charge in [0.25, 0.3) is 5.95 Å². The van der Waals surface area contributed by atoms with E-state index in [2.05, 4.69) is 15.7 Å². The maximum atomic E-state index is 13.5. The fraction of sp³-hybridized carbons (Fsp3) is 0.227. The van der Waals surface area contributed by atoms with Gasteiger partial charge >= 0.3 is 0 Å². The third-order valence-electron chi connectivity index (χ3n) is 5.34. The summed E-state index contributed by atoms with van der Waals surface area (Å²) in [5, 5.41) is 21.7. The SMILES string of the molecule is OCc1cccc2c1cnn2-c1nc2c(c(NCc3cccc(F)c3)n1)CCNC2. The number of hydrogen-bond acceptors (Lipinski definition) is 6. The van der Waals surface area contributed by atoms with Crippen molar-refractivity contribution in [2.45, 2.75) is 26.1 Å². The lowest BCUT2D eigenvalue weighted by Crippen LogP contribution is -2.27. The molecule has 0 atom stereocenters. The van der Waals surface area contributed by atoms with Crippen molar-refractivity contribution >= 4 is 16.7 Å². The zero-order valence-electron chi connectivity index (χ0n) is 16.3. The smallest absolute Gasteiger partial charge is 0.253 e. The number of anilines is 1. The van der Waals surface area contributed by atoms with Gasteiger partial charge < -0.3 is 15.7 Å². The van der Waals surface area contributed by atoms with Gasteiger partial charge in [0, 0.05) is 24.0 Å². The van der Waals surface area contributed by atoms with Gasteiger partial charge in [0.05, 0.1) is 24.0 Å². The Morgan fingerprint density at radius 2 is 2.07 bits per heavy atom. The van der Waals surface area contributed by atoms with E-state index >= 15 is 0 Å². The van der Waals surface area contributed by atoms with Gasteiger partial charge in [-0.25, -0.2) is 9.37 Å². The van der Waals surface area contributed by atoms with Crippen molar-refractivity contribution in [2.24, 2.45) is 0 Å². The quantitative estimate of drug-likeness (QED) is 0.474. The summed E-state index contributed by atoms with van der Waals surface area (Å²) < 4.78 is 15.2. The molecule has 152 valence electrons. The van der Waals surface area contributed by atoms with Gasteiger partial charge in [0.1, 0.15) is 11.6 Å². The zero-order valence-corrected chi connectivity index (χ0v) is 16.3. The van der Waals surface area contributed by atoms with Crippen molar-refractivity contribution in [1.29, 1.82) is 0 Å². The first-order valence-corrected chi connectivity index (χ1v) is 9.88. The Morgan fingerprint density at radius 3 is 2.93 bits per heavy atom. The van der Waals surface area contributed by atoms with E-state index in [9.17, 15) is 9.50 Å². The molecule has 0 saturated carbocycles. The van der Waals surface area contributed by atoms with Crippen LogP contribution in [-0.4, -0.2) is 31.4 Å². The van der Waals surface area contributed by atoms with Crippen LogP contribution in [0.25, 0.3) is 16.9 Å². The number of aliphatic hydroxyl groups is 1. The molecule has 0 saturated heterocycles. The van der Waals surface area contributed by atoms with E-state index in [1.54, 1.807) is 16.9 Å². The standard InChI is InChI=1S/C22H21FN6O/c23-16-5-1-3-14(9-16)10-25-21-17-7-8-24-12-19(17)27-22(28-21)29-20-6-2-4-15(13-30)18(20)11-26-29/h1-6,9,11,24,30H,7-8,10,12-13H2,(H,25,27,28). The minimum atomic E-state index is -0.258. The Hall–Kier alpha value is -3.36. The van der Waals surface area contributed by atoms with Crippen LogP contribution in [0.15, 0.2) is 48.7 Å². The summed E-state index contributed by atoms with van der Waals surface area (Å²) in [6.07, 6.45) is 2.54. The first-order chi connectivity index (χ1) is 14.7. The summed E-state index contributed by atoms with van der Waals surface area (Å²) >= 11 is 0. The third kappa shape index (κ3) is 3.40. The normalized spacial score (nSPS) is 13.4. The lowest BCUT2D eigenvalue weighted by Gasteiger charge is -2.21. The Kier molecular flexibility index (Phi) is 4.86. The summed E-state index contributed by atoms with van der Waals surface area (Å²) in [6.45, 7) is 1.91. The van der Waals surface area contributed by atoms with Crippen LogP contribution in [0.4, 0.5) is 10.2 Å². The molecule has 4 aromatic rings. The molecule has 1 aliphatic rings. The second-order valence-electron chi connectivity index (χ2n) is 7.27. The molecular weight excluding hydrogens is 383 g/mol. The monoisotopic (exact) mass is 404 g/mol. The molecule has 30 heavy (non-hydrogen) atoms. The average molecular weight is 404 g/mol. The molecule has 3 N–H and O–H groups in total. The van der Waals surface area contributed by atoms with Crippen LogP contribution in [-0.2, 0) is 26.1 Å². The van der Waals surface area contributed by atoms with E-state index in [1.165, 1.54) is 12.1 Å². The lowest BCUT2D eigenvalue weighted by atomic mass is 10.1. The summed E-state index contributed by atoms with van der Waals surface area (Å²) in [4.78, 5) is 9.52. The van der Waals surface area contributed by atoms with Crippen molar-refractivity contribution in [3.05, 3.63) is 76.9 Å². The van der Waals surface area contributed by atoms with E-state index < -0.39 is 0 Å². The Bertz CT molecular complexity index is 1220. The van der Waals surface area contributed by atoms with E-state index in [1.807, 2.05) is 24.3 Å². The number of aliphatic hydroxyl groups excluding tert-OH is 1. The maximum Gasteiger partial charge on any atom is 0.253 e. The Labute approximate surface area is 172 Å². The molecule has 5 rings (SSSR count). The highest BCUT2D eigenvalue weighted by Gasteiger charge is 2.20. The predicted octanol–water partition coefficient (Wildman–Crippen LogP) is 2.70. The molecule has 2 aromatic heterocycles. The van der Waals surface area contributed by atoms with Crippen LogP contribution < -0.4 is 10.6 Å². The number of halogens is 1. The summed E-state index contributed by atoms with van der Waals surface area (Å²) in [5.41, 5.74) is 4.48. The Morgan fingerprint density at radius 1 is 1.17 bits per heavy atom. The average Bonchev–Trinajstić information content (AvgIpc) is 3.21. The molecule has 1 aliphatic heterocycles.